The van der Waals surface area contributed by atoms with Gasteiger partial charge in [-0.25, -0.2) is 0 Å². The molecule has 0 fully saturated rings. The number of benzene rings is 1. The van der Waals surface area contributed by atoms with Gasteiger partial charge in [-0.3, -0.25) is 4.79 Å². The molecule has 124 valence electrons. The molecule has 0 radical (unpaired) electrons. The maximum absolute atomic E-state index is 11.4. The van der Waals surface area contributed by atoms with Crippen molar-refractivity contribution in [1.82, 2.24) is 19.8 Å². The Balaban J connectivity index is 1.91. The molecule has 2 heterocycles. The van der Waals surface area contributed by atoms with Gasteiger partial charge in [-0.1, -0.05) is 61.9 Å². The van der Waals surface area contributed by atoms with Crippen molar-refractivity contribution in [3.63, 3.8) is 0 Å². The van der Waals surface area contributed by atoms with Crippen LogP contribution in [0.1, 0.15) is 26.2 Å². The minimum atomic E-state index is -0.803. The van der Waals surface area contributed by atoms with E-state index in [1.165, 1.54) is 11.8 Å². The van der Waals surface area contributed by atoms with Gasteiger partial charge in [0.2, 0.25) is 0 Å². The third-order valence-electron chi connectivity index (χ3n) is 3.63. The van der Waals surface area contributed by atoms with E-state index < -0.39 is 11.2 Å². The van der Waals surface area contributed by atoms with Gasteiger partial charge in [0.05, 0.1) is 0 Å². The summed E-state index contributed by atoms with van der Waals surface area (Å²) in [6.45, 7) is 2.05. The van der Waals surface area contributed by atoms with Crippen LogP contribution < -0.4 is 0 Å². The highest BCUT2D eigenvalue weighted by molar-refractivity contribution is 8.00. The fourth-order valence-electron chi connectivity index (χ4n) is 2.37. The van der Waals surface area contributed by atoms with Crippen LogP contribution in [0.2, 0.25) is 0 Å². The van der Waals surface area contributed by atoms with Crippen molar-refractivity contribution < 1.29 is 9.90 Å². The first kappa shape index (κ1) is 16.4. The van der Waals surface area contributed by atoms with Crippen molar-refractivity contribution in [1.29, 1.82) is 0 Å². The molecule has 2 aromatic heterocycles. The average Bonchev–Trinajstić information content (AvgIpc) is 3.02. The van der Waals surface area contributed by atoms with Crippen LogP contribution in [-0.2, 0) is 4.79 Å². The van der Waals surface area contributed by atoms with Gasteiger partial charge in [-0.05, 0) is 18.6 Å². The molecule has 0 spiro atoms. The van der Waals surface area contributed by atoms with Gasteiger partial charge in [0, 0.05) is 5.56 Å². The molecule has 3 rings (SSSR count). The number of fused-ring (bicyclic) bond motifs is 1. The predicted molar refractivity (Wildman–Crippen MR) is 93.0 cm³/mol. The Labute approximate surface area is 143 Å². The van der Waals surface area contributed by atoms with Crippen molar-refractivity contribution in [2.45, 2.75) is 36.5 Å². The van der Waals surface area contributed by atoms with Gasteiger partial charge in [0.1, 0.15) is 10.3 Å². The van der Waals surface area contributed by atoms with Crippen LogP contribution in [0.4, 0.5) is 0 Å². The standard InChI is InChI=1S/C17H18N4O2S/c1-2-3-9-13(17(22)23)24-15-11-10-14-18-19-16(21(14)20-15)12-7-5-4-6-8-12/h4-8,10-11,13H,2-3,9H2,1H3,(H,22,23). The zero-order chi connectivity index (χ0) is 16.9. The lowest BCUT2D eigenvalue weighted by Gasteiger charge is -2.10. The summed E-state index contributed by atoms with van der Waals surface area (Å²) >= 11 is 1.27. The summed E-state index contributed by atoms with van der Waals surface area (Å²) in [6.07, 6.45) is 2.48. The highest BCUT2D eigenvalue weighted by Gasteiger charge is 2.20. The minimum Gasteiger partial charge on any atom is -0.480 e. The smallest absolute Gasteiger partial charge is 0.317 e. The van der Waals surface area contributed by atoms with Crippen LogP contribution in [0.5, 0.6) is 0 Å². The average molecular weight is 342 g/mol. The summed E-state index contributed by atoms with van der Waals surface area (Å²) in [5.74, 6) is -0.157. The first-order chi connectivity index (χ1) is 11.7. The van der Waals surface area contributed by atoms with Crippen molar-refractivity contribution >= 4 is 23.4 Å². The van der Waals surface area contributed by atoms with Crippen molar-refractivity contribution in [2.24, 2.45) is 0 Å². The third kappa shape index (κ3) is 3.56. The van der Waals surface area contributed by atoms with E-state index in [4.69, 9.17) is 0 Å². The number of carbonyl (C=O) groups is 1. The summed E-state index contributed by atoms with van der Waals surface area (Å²) in [6, 6.07) is 13.3. The minimum absolute atomic E-state index is 0.494. The number of aliphatic carboxylic acids is 1. The van der Waals surface area contributed by atoms with Crippen LogP contribution in [0.3, 0.4) is 0 Å². The van der Waals surface area contributed by atoms with Crippen LogP contribution >= 0.6 is 11.8 Å². The molecule has 7 heteroatoms. The van der Waals surface area contributed by atoms with E-state index in [9.17, 15) is 9.90 Å². The Morgan fingerprint density at radius 1 is 1.21 bits per heavy atom. The van der Waals surface area contributed by atoms with E-state index in [1.54, 1.807) is 10.6 Å². The Kier molecular flexibility index (Phi) is 5.10. The second-order valence-electron chi connectivity index (χ2n) is 5.42. The summed E-state index contributed by atoms with van der Waals surface area (Å²) in [7, 11) is 0. The van der Waals surface area contributed by atoms with Crippen LogP contribution in [-0.4, -0.2) is 36.1 Å². The number of aromatic nitrogens is 4. The molecule has 3 aromatic rings. The predicted octanol–water partition coefficient (Wildman–Crippen LogP) is 3.53. The fraction of sp³-hybridized carbons (Fsp3) is 0.294. The summed E-state index contributed by atoms with van der Waals surface area (Å²) in [5.41, 5.74) is 1.55. The van der Waals surface area contributed by atoms with Crippen molar-refractivity contribution in [2.75, 3.05) is 0 Å². The van der Waals surface area contributed by atoms with Gasteiger partial charge in [-0.2, -0.15) is 9.61 Å². The Morgan fingerprint density at radius 3 is 2.71 bits per heavy atom. The molecule has 6 nitrogen and oxygen atoms in total. The molecular formula is C17H18N4O2S. The highest BCUT2D eigenvalue weighted by atomic mass is 32.2. The van der Waals surface area contributed by atoms with Gasteiger partial charge in [0.15, 0.2) is 11.5 Å². The van der Waals surface area contributed by atoms with Crippen molar-refractivity contribution in [3.8, 4) is 11.4 Å². The zero-order valence-electron chi connectivity index (χ0n) is 13.3. The van der Waals surface area contributed by atoms with Gasteiger partial charge in [-0.15, -0.1) is 10.2 Å². The van der Waals surface area contributed by atoms with E-state index in [0.717, 1.165) is 18.4 Å². The van der Waals surface area contributed by atoms with Crippen LogP contribution in [0.25, 0.3) is 17.0 Å². The lowest BCUT2D eigenvalue weighted by molar-refractivity contribution is -0.136. The zero-order valence-corrected chi connectivity index (χ0v) is 14.1. The number of thioether (sulfide) groups is 1. The van der Waals surface area contributed by atoms with E-state index >= 15 is 0 Å². The topological polar surface area (TPSA) is 80.4 Å². The van der Waals surface area contributed by atoms with E-state index in [-0.39, 0.29) is 0 Å². The molecule has 0 aliphatic carbocycles. The lowest BCUT2D eigenvalue weighted by atomic mass is 10.2. The fourth-order valence-corrected chi connectivity index (χ4v) is 3.32. The molecule has 0 saturated carbocycles. The van der Waals surface area contributed by atoms with Gasteiger partial charge >= 0.3 is 5.97 Å². The summed E-state index contributed by atoms with van der Waals surface area (Å²) in [5, 5.41) is 22.4. The van der Waals surface area contributed by atoms with Gasteiger partial charge < -0.3 is 5.11 Å². The number of carboxylic acids is 1. The molecule has 1 aromatic carbocycles. The molecule has 0 aliphatic heterocycles. The number of hydrogen-bond acceptors (Lipinski definition) is 5. The number of hydrogen-bond donors (Lipinski definition) is 1. The quantitative estimate of drug-likeness (QED) is 0.662. The second kappa shape index (κ2) is 7.44. The maximum Gasteiger partial charge on any atom is 0.317 e. The molecule has 0 aliphatic rings. The molecule has 1 atom stereocenters. The summed E-state index contributed by atoms with van der Waals surface area (Å²) < 4.78 is 1.66. The Morgan fingerprint density at radius 2 is 2.00 bits per heavy atom. The molecule has 0 bridgehead atoms. The Bertz CT molecular complexity index is 835. The number of carboxylic acid groups (broad SMARTS) is 1. The largest absolute Gasteiger partial charge is 0.480 e. The van der Waals surface area contributed by atoms with Crippen molar-refractivity contribution in [3.05, 3.63) is 42.5 Å². The molecule has 24 heavy (non-hydrogen) atoms. The number of nitrogens with zero attached hydrogens (tertiary/aromatic N) is 4. The molecule has 0 amide bonds. The normalized spacial score (nSPS) is 12.4. The monoisotopic (exact) mass is 342 g/mol. The van der Waals surface area contributed by atoms with E-state index in [2.05, 4.69) is 22.2 Å². The van der Waals surface area contributed by atoms with Gasteiger partial charge in [0.25, 0.3) is 0 Å². The molecular weight excluding hydrogens is 324 g/mol. The van der Waals surface area contributed by atoms with E-state index in [1.807, 2.05) is 36.4 Å². The first-order valence-electron chi connectivity index (χ1n) is 7.86. The van der Waals surface area contributed by atoms with E-state index in [0.29, 0.717) is 22.9 Å². The molecule has 1 unspecified atom stereocenters. The SMILES string of the molecule is CCCCC(Sc1ccc2nnc(-c3ccccc3)n2n1)C(=O)O. The van der Waals surface area contributed by atoms with Crippen LogP contribution in [0.15, 0.2) is 47.5 Å². The summed E-state index contributed by atoms with van der Waals surface area (Å²) in [4.78, 5) is 11.4. The highest BCUT2D eigenvalue weighted by Crippen LogP contribution is 2.26. The molecule has 0 saturated heterocycles. The maximum atomic E-state index is 11.4. The molecule has 1 N–H and O–H groups in total. The number of rotatable bonds is 7. The number of unbranched alkanes of at least 4 members (excludes halogenated alkanes) is 1. The second-order valence-corrected chi connectivity index (χ2v) is 6.64. The lowest BCUT2D eigenvalue weighted by Crippen LogP contribution is -2.16. The first-order valence-corrected chi connectivity index (χ1v) is 8.74. The third-order valence-corrected chi connectivity index (χ3v) is 4.81. The van der Waals surface area contributed by atoms with Crippen LogP contribution in [0, 0.1) is 0 Å². The Hall–Kier alpha value is -2.41.